The van der Waals surface area contributed by atoms with E-state index in [-0.39, 0.29) is 19.4 Å². The maximum Gasteiger partial charge on any atom is 0.410 e. The summed E-state index contributed by atoms with van der Waals surface area (Å²) < 4.78 is 5.86. The molecule has 5 N–H and O–H groups in total. The van der Waals surface area contributed by atoms with Crippen LogP contribution in [0.1, 0.15) is 61.9 Å². The van der Waals surface area contributed by atoms with Crippen LogP contribution in [0, 0.1) is 11.3 Å². The van der Waals surface area contributed by atoms with Gasteiger partial charge in [-0.3, -0.25) is 9.59 Å². The Labute approximate surface area is 291 Å². The van der Waals surface area contributed by atoms with E-state index in [9.17, 15) is 34.2 Å². The molecule has 1 saturated heterocycles. The number of nitrogens with one attached hydrogen (secondary N) is 3. The SMILES string of the molecule is C=CC1CC1(NC(=O)[C@@H]1C[C@@H](OC(=O)N2CCc3ccccc3C2)CN1C(=O)NC(C(=O)NC1c2ccccc2CC1O)C(C)(C)C)C(=O)O. The number of carbonyl (C=O) groups is 5. The van der Waals surface area contributed by atoms with Gasteiger partial charge in [-0.25, -0.2) is 14.4 Å². The first-order chi connectivity index (χ1) is 23.7. The van der Waals surface area contributed by atoms with Crippen molar-refractivity contribution in [2.75, 3.05) is 13.1 Å². The number of carbonyl (C=O) groups excluding carboxylic acids is 4. The summed E-state index contributed by atoms with van der Waals surface area (Å²) in [6.45, 7) is 9.68. The molecule has 2 fully saturated rings. The Kier molecular flexibility index (Phi) is 9.38. The number of amides is 5. The van der Waals surface area contributed by atoms with Crippen molar-refractivity contribution in [3.8, 4) is 0 Å². The number of aliphatic carboxylic acids is 1. The van der Waals surface area contributed by atoms with Crippen LogP contribution in [0.15, 0.2) is 61.2 Å². The summed E-state index contributed by atoms with van der Waals surface area (Å²) in [7, 11) is 0. The first-order valence-corrected chi connectivity index (χ1v) is 17.1. The van der Waals surface area contributed by atoms with Crippen molar-refractivity contribution in [2.24, 2.45) is 11.3 Å². The fourth-order valence-corrected chi connectivity index (χ4v) is 7.41. The minimum Gasteiger partial charge on any atom is -0.479 e. The van der Waals surface area contributed by atoms with E-state index in [2.05, 4.69) is 22.5 Å². The molecule has 13 nitrogen and oxygen atoms in total. The smallest absolute Gasteiger partial charge is 0.410 e. The molecule has 5 amide bonds. The van der Waals surface area contributed by atoms with Crippen molar-refractivity contribution in [3.63, 3.8) is 0 Å². The highest BCUT2D eigenvalue weighted by Crippen LogP contribution is 2.45. The Bertz CT molecular complexity index is 1710. The molecule has 0 radical (unpaired) electrons. The number of nitrogens with zero attached hydrogens (tertiary/aromatic N) is 2. The van der Waals surface area contributed by atoms with Crippen LogP contribution in [0.25, 0.3) is 0 Å². The average molecular weight is 688 g/mol. The number of aliphatic hydroxyl groups excluding tert-OH is 1. The number of fused-ring (bicyclic) bond motifs is 2. The fraction of sp³-hybridized carbons (Fsp3) is 0.486. The molecule has 2 heterocycles. The molecule has 2 aromatic rings. The van der Waals surface area contributed by atoms with Crippen LogP contribution in [0.4, 0.5) is 9.59 Å². The Morgan fingerprint density at radius 2 is 1.72 bits per heavy atom. The molecule has 4 aliphatic rings. The third kappa shape index (κ3) is 6.78. The lowest BCUT2D eigenvalue weighted by molar-refractivity contribution is -0.144. The molecule has 0 spiro atoms. The lowest BCUT2D eigenvalue weighted by Gasteiger charge is -2.34. The van der Waals surface area contributed by atoms with Gasteiger partial charge in [0, 0.05) is 31.8 Å². The largest absolute Gasteiger partial charge is 0.479 e. The number of ether oxygens (including phenoxy) is 1. The van der Waals surface area contributed by atoms with Crippen molar-refractivity contribution in [1.29, 1.82) is 0 Å². The molecule has 2 aliphatic heterocycles. The van der Waals surface area contributed by atoms with E-state index in [0.29, 0.717) is 25.9 Å². The van der Waals surface area contributed by atoms with Gasteiger partial charge in [0.2, 0.25) is 11.8 Å². The number of carboxylic acids is 1. The first-order valence-electron chi connectivity index (χ1n) is 17.1. The number of carboxylic acid groups (broad SMARTS) is 1. The van der Waals surface area contributed by atoms with E-state index in [4.69, 9.17) is 4.74 Å². The van der Waals surface area contributed by atoms with Gasteiger partial charge >= 0.3 is 18.1 Å². The summed E-state index contributed by atoms with van der Waals surface area (Å²) in [5.41, 5.74) is 1.57. The van der Waals surface area contributed by atoms with Crippen molar-refractivity contribution >= 4 is 29.9 Å². The molecule has 0 aromatic heterocycles. The standard InChI is InChI=1S/C37H45N5O8/c1-5-24-18-37(24,33(46)47)40-31(44)27-17-25(50-35(49)41-15-14-21-10-6-7-12-23(21)19-41)20-42(27)34(48)39-30(36(2,3)4)32(45)38-29-26-13-9-8-11-22(26)16-28(29)43/h5-13,24-25,27-30,43H,1,14-20H2,2-4H3,(H,38,45)(H,39,48)(H,40,44)(H,46,47)/t24?,25-,27+,28?,29?,30?,37?/m1/s1. The van der Waals surface area contributed by atoms with Crippen molar-refractivity contribution in [1.82, 2.24) is 25.8 Å². The molecule has 6 rings (SSSR count). The summed E-state index contributed by atoms with van der Waals surface area (Å²) >= 11 is 0. The number of hydrogen-bond acceptors (Lipinski definition) is 7. The minimum absolute atomic E-state index is 0.0681. The van der Waals surface area contributed by atoms with E-state index in [1.165, 1.54) is 11.0 Å². The van der Waals surface area contributed by atoms with Crippen LogP contribution in [-0.2, 0) is 38.5 Å². The highest BCUT2D eigenvalue weighted by Gasteiger charge is 2.61. The Morgan fingerprint density at radius 3 is 2.38 bits per heavy atom. The molecule has 5 unspecified atom stereocenters. The highest BCUT2D eigenvalue weighted by molar-refractivity contribution is 5.95. The zero-order valence-corrected chi connectivity index (χ0v) is 28.6. The molecular formula is C37H45N5O8. The van der Waals surface area contributed by atoms with Gasteiger partial charge < -0.3 is 40.7 Å². The second kappa shape index (κ2) is 13.4. The quantitative estimate of drug-likeness (QED) is 0.263. The molecular weight excluding hydrogens is 642 g/mol. The lowest BCUT2D eigenvalue weighted by atomic mass is 9.86. The van der Waals surface area contributed by atoms with Gasteiger partial charge in [-0.05, 0) is 40.5 Å². The van der Waals surface area contributed by atoms with E-state index >= 15 is 0 Å². The van der Waals surface area contributed by atoms with Crippen LogP contribution in [0.5, 0.6) is 0 Å². The Balaban J connectivity index is 1.19. The van der Waals surface area contributed by atoms with Crippen molar-refractivity contribution in [3.05, 3.63) is 83.4 Å². The van der Waals surface area contributed by atoms with Crippen LogP contribution < -0.4 is 16.0 Å². The van der Waals surface area contributed by atoms with Gasteiger partial charge in [0.15, 0.2) is 0 Å². The number of rotatable bonds is 8. The zero-order chi connectivity index (χ0) is 36.0. The molecule has 13 heteroatoms. The van der Waals surface area contributed by atoms with E-state index < -0.39 is 77.1 Å². The molecule has 7 atom stereocenters. The average Bonchev–Trinajstić information content (AvgIpc) is 3.49. The van der Waals surface area contributed by atoms with Crippen LogP contribution >= 0.6 is 0 Å². The number of likely N-dealkylation sites (tertiary alicyclic amines) is 1. The number of hydrogen-bond donors (Lipinski definition) is 5. The summed E-state index contributed by atoms with van der Waals surface area (Å²) in [5.74, 6) is -2.91. The zero-order valence-electron chi connectivity index (χ0n) is 28.6. The van der Waals surface area contributed by atoms with Crippen molar-refractivity contribution < 1.29 is 38.9 Å². The number of aliphatic hydroxyl groups is 1. The summed E-state index contributed by atoms with van der Waals surface area (Å²) in [4.78, 5) is 69.9. The second-order valence-corrected chi connectivity index (χ2v) is 14.9. The maximum atomic E-state index is 14.0. The highest BCUT2D eigenvalue weighted by atomic mass is 16.6. The molecule has 266 valence electrons. The van der Waals surface area contributed by atoms with Crippen LogP contribution in [-0.4, -0.2) is 92.8 Å². The summed E-state index contributed by atoms with van der Waals surface area (Å²) in [5, 5.41) is 29.0. The lowest BCUT2D eigenvalue weighted by Crippen LogP contribution is -2.60. The Morgan fingerprint density at radius 1 is 1.04 bits per heavy atom. The first kappa shape index (κ1) is 34.9. The van der Waals surface area contributed by atoms with E-state index in [1.807, 2.05) is 48.5 Å². The van der Waals surface area contributed by atoms with Crippen LogP contribution in [0.3, 0.4) is 0 Å². The van der Waals surface area contributed by atoms with E-state index in [0.717, 1.165) is 22.3 Å². The van der Waals surface area contributed by atoms with Gasteiger partial charge in [-0.1, -0.05) is 75.4 Å². The molecule has 1 saturated carbocycles. The topological polar surface area (TPSA) is 178 Å². The normalized spacial score (nSPS) is 27.3. The molecule has 0 bridgehead atoms. The minimum atomic E-state index is -1.54. The second-order valence-electron chi connectivity index (χ2n) is 14.9. The third-order valence-electron chi connectivity index (χ3n) is 10.4. The summed E-state index contributed by atoms with van der Waals surface area (Å²) in [6.07, 6.45) is 0.319. The summed E-state index contributed by atoms with van der Waals surface area (Å²) in [6, 6.07) is 11.6. The van der Waals surface area contributed by atoms with Gasteiger partial charge in [0.05, 0.1) is 18.7 Å². The third-order valence-corrected chi connectivity index (χ3v) is 10.4. The predicted molar refractivity (Wildman–Crippen MR) is 182 cm³/mol. The van der Waals surface area contributed by atoms with Gasteiger partial charge in [0.1, 0.15) is 23.7 Å². The monoisotopic (exact) mass is 687 g/mol. The van der Waals surface area contributed by atoms with Gasteiger partial charge in [-0.2, -0.15) is 0 Å². The maximum absolute atomic E-state index is 14.0. The predicted octanol–water partition coefficient (Wildman–Crippen LogP) is 2.67. The molecule has 2 aliphatic carbocycles. The van der Waals surface area contributed by atoms with Gasteiger partial charge in [-0.15, -0.1) is 6.58 Å². The van der Waals surface area contributed by atoms with Crippen LogP contribution in [0.2, 0.25) is 0 Å². The molecule has 2 aromatic carbocycles. The van der Waals surface area contributed by atoms with E-state index in [1.54, 1.807) is 25.7 Å². The Hall–Kier alpha value is -4.91. The molecule has 50 heavy (non-hydrogen) atoms. The number of urea groups is 1. The number of benzene rings is 2. The fourth-order valence-electron chi connectivity index (χ4n) is 7.41. The van der Waals surface area contributed by atoms with Crippen molar-refractivity contribution in [2.45, 2.75) is 88.9 Å². The van der Waals surface area contributed by atoms with Gasteiger partial charge in [0.25, 0.3) is 0 Å².